The first kappa shape index (κ1) is 27.0. The van der Waals surface area contributed by atoms with Crippen LogP contribution in [0.25, 0.3) is 38.4 Å². The minimum Gasteiger partial charge on any atom is -0.494 e. The van der Waals surface area contributed by atoms with Crippen molar-refractivity contribution in [1.82, 2.24) is 19.7 Å². The van der Waals surface area contributed by atoms with Crippen LogP contribution in [0.5, 0.6) is 5.88 Å². The third kappa shape index (κ3) is 3.85. The predicted molar refractivity (Wildman–Crippen MR) is 167 cm³/mol. The van der Waals surface area contributed by atoms with Gasteiger partial charge in [0.05, 0.1) is 29.2 Å². The summed E-state index contributed by atoms with van der Waals surface area (Å²) in [5, 5.41) is 19.6. The quantitative estimate of drug-likeness (QED) is 0.215. The van der Waals surface area contributed by atoms with Gasteiger partial charge in [-0.3, -0.25) is 39.1 Å². The molecule has 0 fully saturated rings. The molecule has 2 aliphatic rings. The van der Waals surface area contributed by atoms with Gasteiger partial charge in [-0.1, -0.05) is 43.3 Å². The minimum absolute atomic E-state index is 0.134. The third-order valence-corrected chi connectivity index (χ3v) is 8.99. The lowest BCUT2D eigenvalue weighted by atomic mass is 9.94. The van der Waals surface area contributed by atoms with Gasteiger partial charge in [0.25, 0.3) is 17.4 Å². The lowest BCUT2D eigenvalue weighted by Gasteiger charge is -2.41. The monoisotopic (exact) mass is 573 g/mol. The Morgan fingerprint density at radius 3 is 2.23 bits per heavy atom. The van der Waals surface area contributed by atoms with Gasteiger partial charge in [-0.05, 0) is 68.4 Å². The van der Waals surface area contributed by atoms with Gasteiger partial charge in [0, 0.05) is 39.0 Å². The summed E-state index contributed by atoms with van der Waals surface area (Å²) in [5.41, 5.74) is 1.52. The average Bonchev–Trinajstić information content (AvgIpc) is 3.48. The van der Waals surface area contributed by atoms with Crippen LogP contribution in [-0.2, 0) is 0 Å². The van der Waals surface area contributed by atoms with Crippen LogP contribution in [0, 0.1) is 0 Å². The van der Waals surface area contributed by atoms with E-state index in [1.165, 1.54) is 9.47 Å². The summed E-state index contributed by atoms with van der Waals surface area (Å²) in [5.74, 6) is -0.819. The molecule has 9 heteroatoms. The lowest BCUT2D eigenvalue weighted by molar-refractivity contribution is 0.0189. The lowest BCUT2D eigenvalue weighted by Crippen LogP contribution is -2.58. The maximum Gasteiger partial charge on any atom is 0.264 e. The van der Waals surface area contributed by atoms with Crippen molar-refractivity contribution >= 4 is 50.2 Å². The number of carbonyl (C=O) groups is 2. The number of hydrogen-bond donors (Lipinski definition) is 2. The molecule has 216 valence electrons. The van der Waals surface area contributed by atoms with Crippen LogP contribution in [0.3, 0.4) is 0 Å². The molecule has 2 N–H and O–H groups in total. The van der Waals surface area contributed by atoms with E-state index in [0.717, 1.165) is 16.3 Å². The molecule has 0 saturated heterocycles. The van der Waals surface area contributed by atoms with E-state index in [-0.39, 0.29) is 29.4 Å². The molecular formula is C34H31N5O4. The topological polar surface area (TPSA) is 107 Å². The fraction of sp³-hybridized carbons (Fsp3) is 0.235. The molecule has 0 spiro atoms. The molecule has 3 atom stereocenters. The maximum atomic E-state index is 14.0. The number of nitrogens with zero attached hydrogens (tertiary/aromatic N) is 4. The standard InChI is InChI=1S/C34H31N5O4/c1-5-26(37(4)19(3)39-32(41)23-12-6-9-20-10-7-13-24(27(20)23)33(39)42)36-18(2)38-31(40)25-14-8-11-21-17-22-15-16-35-30(22)29(28(21)25)34(38)43/h6-19,26,36,40H,5H2,1-4H3. The minimum atomic E-state index is -0.636. The first-order valence-electron chi connectivity index (χ1n) is 14.5. The van der Waals surface area contributed by atoms with E-state index in [1.807, 2.05) is 81.3 Å². The van der Waals surface area contributed by atoms with Gasteiger partial charge in [0.15, 0.2) is 0 Å². The number of hydrogen-bond acceptors (Lipinski definition) is 7. The molecular weight excluding hydrogens is 542 g/mol. The molecule has 0 bridgehead atoms. The van der Waals surface area contributed by atoms with E-state index < -0.39 is 12.3 Å². The Hall–Kier alpha value is -4.86. The molecule has 4 aromatic carbocycles. The zero-order valence-corrected chi connectivity index (χ0v) is 24.3. The Morgan fingerprint density at radius 2 is 1.56 bits per heavy atom. The predicted octanol–water partition coefficient (Wildman–Crippen LogP) is 4.75. The third-order valence-electron chi connectivity index (χ3n) is 8.99. The van der Waals surface area contributed by atoms with Crippen LogP contribution >= 0.6 is 0 Å². The summed E-state index contributed by atoms with van der Waals surface area (Å²) in [6.07, 6.45) is 2.55. The number of amides is 2. The van der Waals surface area contributed by atoms with Crippen molar-refractivity contribution in [1.29, 1.82) is 0 Å². The zero-order chi connectivity index (χ0) is 30.2. The van der Waals surface area contributed by atoms with Gasteiger partial charge in [-0.25, -0.2) is 0 Å². The second-order valence-corrected chi connectivity index (χ2v) is 11.3. The molecule has 43 heavy (non-hydrogen) atoms. The van der Waals surface area contributed by atoms with Crippen molar-refractivity contribution in [3.63, 3.8) is 0 Å². The van der Waals surface area contributed by atoms with Crippen LogP contribution in [-0.4, -0.2) is 50.7 Å². The van der Waals surface area contributed by atoms with Gasteiger partial charge in [0.2, 0.25) is 5.88 Å². The molecule has 9 nitrogen and oxygen atoms in total. The van der Waals surface area contributed by atoms with Crippen LogP contribution < -0.4 is 16.2 Å². The molecule has 3 unspecified atom stereocenters. The highest BCUT2D eigenvalue weighted by molar-refractivity contribution is 6.25. The zero-order valence-electron chi connectivity index (χ0n) is 24.3. The summed E-state index contributed by atoms with van der Waals surface area (Å²) in [4.78, 5) is 49.1. The average molecular weight is 574 g/mol. The summed E-state index contributed by atoms with van der Waals surface area (Å²) < 4.78 is 1.36. The second-order valence-electron chi connectivity index (χ2n) is 11.3. The Kier molecular flexibility index (Phi) is 6.19. The fourth-order valence-corrected chi connectivity index (χ4v) is 6.73. The van der Waals surface area contributed by atoms with Gasteiger partial charge < -0.3 is 5.11 Å². The van der Waals surface area contributed by atoms with Gasteiger partial charge in [-0.15, -0.1) is 0 Å². The van der Waals surface area contributed by atoms with Crippen molar-refractivity contribution in [3.8, 4) is 5.88 Å². The second kappa shape index (κ2) is 9.86. The molecule has 0 aliphatic carbocycles. The Balaban J connectivity index is 1.24. The summed E-state index contributed by atoms with van der Waals surface area (Å²) >= 11 is 0. The van der Waals surface area contributed by atoms with E-state index in [1.54, 1.807) is 24.4 Å². The van der Waals surface area contributed by atoms with E-state index in [9.17, 15) is 19.5 Å². The first-order valence-corrected chi connectivity index (χ1v) is 14.5. The van der Waals surface area contributed by atoms with E-state index in [0.29, 0.717) is 44.4 Å². The highest BCUT2D eigenvalue weighted by Gasteiger charge is 2.38. The van der Waals surface area contributed by atoms with Crippen molar-refractivity contribution in [2.75, 3.05) is 7.05 Å². The highest BCUT2D eigenvalue weighted by atomic mass is 16.3. The molecule has 5 aromatic rings. The SMILES string of the molecule is CCC(NC(C)n1c(O)c2cccc3cc4c(c(c1=O)c32)=NC=C4)N(C)C(C)N1C(=O)c2cccc3cccc(c23)C1=O. The Labute approximate surface area is 247 Å². The summed E-state index contributed by atoms with van der Waals surface area (Å²) in [6.45, 7) is 5.62. The number of rotatable bonds is 7. The summed E-state index contributed by atoms with van der Waals surface area (Å²) in [7, 11) is 1.84. The van der Waals surface area contributed by atoms with E-state index in [2.05, 4.69) is 10.3 Å². The number of benzene rings is 4. The molecule has 0 radical (unpaired) electrons. The van der Waals surface area contributed by atoms with Crippen LogP contribution in [0.1, 0.15) is 59.6 Å². The number of aromatic hydroxyl groups is 1. The first-order chi connectivity index (χ1) is 20.7. The Morgan fingerprint density at radius 1 is 0.907 bits per heavy atom. The van der Waals surface area contributed by atoms with Gasteiger partial charge >= 0.3 is 0 Å². The Bertz CT molecular complexity index is 2100. The van der Waals surface area contributed by atoms with E-state index in [4.69, 9.17) is 0 Å². The molecule has 2 amide bonds. The van der Waals surface area contributed by atoms with Gasteiger partial charge in [-0.2, -0.15) is 0 Å². The van der Waals surface area contributed by atoms with Crippen molar-refractivity contribution in [3.05, 3.63) is 99.3 Å². The smallest absolute Gasteiger partial charge is 0.264 e. The van der Waals surface area contributed by atoms with Gasteiger partial charge in [0.1, 0.15) is 0 Å². The van der Waals surface area contributed by atoms with Crippen LogP contribution in [0.2, 0.25) is 0 Å². The number of nitrogens with one attached hydrogen (secondary N) is 1. The van der Waals surface area contributed by atoms with Crippen molar-refractivity contribution < 1.29 is 14.7 Å². The number of fused-ring (bicyclic) bond motifs is 2. The molecule has 3 heterocycles. The molecule has 7 rings (SSSR count). The highest BCUT2D eigenvalue weighted by Crippen LogP contribution is 2.33. The molecule has 2 aliphatic heterocycles. The molecule has 1 aromatic heterocycles. The number of imide groups is 1. The van der Waals surface area contributed by atoms with Crippen LogP contribution in [0.15, 0.2) is 76.7 Å². The molecule has 0 saturated carbocycles. The maximum absolute atomic E-state index is 14.0. The van der Waals surface area contributed by atoms with Crippen molar-refractivity contribution in [2.45, 2.75) is 45.7 Å². The van der Waals surface area contributed by atoms with Crippen LogP contribution in [0.4, 0.5) is 0 Å². The van der Waals surface area contributed by atoms with Crippen molar-refractivity contribution in [2.24, 2.45) is 4.99 Å². The largest absolute Gasteiger partial charge is 0.494 e. The summed E-state index contributed by atoms with van der Waals surface area (Å²) in [6, 6.07) is 18.6. The number of carbonyl (C=O) groups excluding carboxylic acids is 2. The number of pyridine rings is 1. The fourth-order valence-electron chi connectivity index (χ4n) is 6.73. The number of aromatic nitrogens is 1. The van der Waals surface area contributed by atoms with E-state index >= 15 is 0 Å². The normalized spacial score (nSPS) is 16.3.